The molecule has 0 atom stereocenters. The van der Waals surface area contributed by atoms with Gasteiger partial charge in [0.25, 0.3) is 0 Å². The number of nitrogens with two attached hydrogens (primary N) is 1. The van der Waals surface area contributed by atoms with E-state index >= 15 is 0 Å². The first-order valence-electron chi connectivity index (χ1n) is 6.25. The predicted octanol–water partition coefficient (Wildman–Crippen LogP) is 2.78. The molecule has 0 heterocycles. The molecule has 2 aromatic rings. The van der Waals surface area contributed by atoms with Crippen LogP contribution in [0.4, 0.5) is 11.4 Å². The number of carbonyl (C=O) groups excluding carboxylic acids is 1. The Kier molecular flexibility index (Phi) is 3.85. The number of likely N-dealkylation sites (N-methyl/N-ethyl adjacent to an activating group) is 1. The summed E-state index contributed by atoms with van der Waals surface area (Å²) in [5.74, 6) is 0.0344. The first-order chi connectivity index (χ1) is 9.09. The lowest BCUT2D eigenvalue weighted by Gasteiger charge is -2.19. The van der Waals surface area contributed by atoms with Gasteiger partial charge >= 0.3 is 0 Å². The molecule has 2 rings (SSSR count). The fourth-order valence-corrected chi connectivity index (χ4v) is 2.02. The van der Waals surface area contributed by atoms with Gasteiger partial charge < -0.3 is 10.6 Å². The molecular weight excluding hydrogens is 236 g/mol. The summed E-state index contributed by atoms with van der Waals surface area (Å²) in [7, 11) is 1.76. The third-order valence-electron chi connectivity index (χ3n) is 3.28. The van der Waals surface area contributed by atoms with E-state index in [9.17, 15) is 4.79 Å². The van der Waals surface area contributed by atoms with E-state index in [0.717, 1.165) is 16.8 Å². The summed E-state index contributed by atoms with van der Waals surface area (Å²) in [5, 5.41) is 0. The van der Waals surface area contributed by atoms with Crippen molar-refractivity contribution >= 4 is 17.3 Å². The van der Waals surface area contributed by atoms with Crippen LogP contribution in [0.1, 0.15) is 11.1 Å². The first kappa shape index (κ1) is 13.1. The van der Waals surface area contributed by atoms with Crippen molar-refractivity contribution in [2.45, 2.75) is 13.3 Å². The maximum absolute atomic E-state index is 12.3. The van der Waals surface area contributed by atoms with Gasteiger partial charge in [0, 0.05) is 7.05 Å². The molecule has 98 valence electrons. The molecule has 0 unspecified atom stereocenters. The Morgan fingerprint density at radius 2 is 1.74 bits per heavy atom. The third-order valence-corrected chi connectivity index (χ3v) is 3.28. The lowest BCUT2D eigenvalue weighted by Crippen LogP contribution is -2.28. The van der Waals surface area contributed by atoms with Gasteiger partial charge in [-0.3, -0.25) is 4.79 Å². The van der Waals surface area contributed by atoms with Crippen molar-refractivity contribution in [1.82, 2.24) is 0 Å². The van der Waals surface area contributed by atoms with Crippen LogP contribution in [0.5, 0.6) is 0 Å². The highest BCUT2D eigenvalue weighted by Gasteiger charge is 2.14. The Morgan fingerprint density at radius 3 is 2.42 bits per heavy atom. The SMILES string of the molecule is Cc1ccccc1CC(=O)N(C)c1ccccc1N. The van der Waals surface area contributed by atoms with Gasteiger partial charge in [0.05, 0.1) is 17.8 Å². The highest BCUT2D eigenvalue weighted by molar-refractivity contribution is 5.97. The Morgan fingerprint density at radius 1 is 1.11 bits per heavy atom. The number of aryl methyl sites for hydroxylation is 1. The van der Waals surface area contributed by atoms with Gasteiger partial charge in [-0.05, 0) is 30.2 Å². The van der Waals surface area contributed by atoms with Crippen molar-refractivity contribution in [2.24, 2.45) is 0 Å². The number of hydrogen-bond donors (Lipinski definition) is 1. The Labute approximate surface area is 113 Å². The van der Waals surface area contributed by atoms with Crippen LogP contribution in [0.3, 0.4) is 0 Å². The number of nitrogen functional groups attached to an aromatic ring is 1. The van der Waals surface area contributed by atoms with E-state index in [0.29, 0.717) is 12.1 Å². The number of nitrogens with zero attached hydrogens (tertiary/aromatic N) is 1. The van der Waals surface area contributed by atoms with Crippen LogP contribution in [0, 0.1) is 6.92 Å². The second-order valence-electron chi connectivity index (χ2n) is 4.61. The lowest BCUT2D eigenvalue weighted by atomic mass is 10.1. The standard InChI is InChI=1S/C16H18N2O/c1-12-7-3-4-8-13(12)11-16(19)18(2)15-10-6-5-9-14(15)17/h3-10H,11,17H2,1-2H3. The van der Waals surface area contributed by atoms with Crippen molar-refractivity contribution in [2.75, 3.05) is 17.7 Å². The second-order valence-corrected chi connectivity index (χ2v) is 4.61. The van der Waals surface area contributed by atoms with E-state index in [-0.39, 0.29) is 5.91 Å². The number of anilines is 2. The van der Waals surface area contributed by atoms with Gasteiger partial charge in [0.15, 0.2) is 0 Å². The van der Waals surface area contributed by atoms with Crippen molar-refractivity contribution < 1.29 is 4.79 Å². The van der Waals surface area contributed by atoms with E-state index in [1.165, 1.54) is 0 Å². The van der Waals surface area contributed by atoms with Gasteiger partial charge in [-0.1, -0.05) is 36.4 Å². The molecule has 0 radical (unpaired) electrons. The maximum atomic E-state index is 12.3. The summed E-state index contributed by atoms with van der Waals surface area (Å²) in [6, 6.07) is 15.3. The van der Waals surface area contributed by atoms with Gasteiger partial charge in [-0.15, -0.1) is 0 Å². The molecule has 0 aliphatic heterocycles. The quantitative estimate of drug-likeness (QED) is 0.856. The Bertz CT molecular complexity index is 593. The van der Waals surface area contributed by atoms with Gasteiger partial charge in [-0.2, -0.15) is 0 Å². The van der Waals surface area contributed by atoms with Gasteiger partial charge in [-0.25, -0.2) is 0 Å². The van der Waals surface area contributed by atoms with Crippen molar-refractivity contribution in [3.8, 4) is 0 Å². The van der Waals surface area contributed by atoms with Crippen molar-refractivity contribution in [3.05, 3.63) is 59.7 Å². The monoisotopic (exact) mass is 254 g/mol. The molecule has 3 nitrogen and oxygen atoms in total. The zero-order chi connectivity index (χ0) is 13.8. The van der Waals surface area contributed by atoms with E-state index in [2.05, 4.69) is 0 Å². The molecule has 0 spiro atoms. The molecular formula is C16H18N2O. The second kappa shape index (κ2) is 5.57. The average Bonchev–Trinajstić information content (AvgIpc) is 2.41. The van der Waals surface area contributed by atoms with Crippen LogP contribution in [-0.4, -0.2) is 13.0 Å². The summed E-state index contributed by atoms with van der Waals surface area (Å²) >= 11 is 0. The summed E-state index contributed by atoms with van der Waals surface area (Å²) in [5.41, 5.74) is 9.43. The summed E-state index contributed by atoms with van der Waals surface area (Å²) in [6.45, 7) is 2.01. The number of amides is 1. The van der Waals surface area contributed by atoms with Crippen LogP contribution in [-0.2, 0) is 11.2 Å². The van der Waals surface area contributed by atoms with Crippen molar-refractivity contribution in [1.29, 1.82) is 0 Å². The lowest BCUT2D eigenvalue weighted by molar-refractivity contribution is -0.117. The van der Waals surface area contributed by atoms with Crippen LogP contribution in [0.15, 0.2) is 48.5 Å². The molecule has 2 N–H and O–H groups in total. The van der Waals surface area contributed by atoms with Gasteiger partial charge in [0.2, 0.25) is 5.91 Å². The molecule has 0 fully saturated rings. The van der Waals surface area contributed by atoms with Crippen LogP contribution < -0.4 is 10.6 Å². The van der Waals surface area contributed by atoms with E-state index in [1.54, 1.807) is 18.0 Å². The Balaban J connectivity index is 2.17. The molecule has 0 saturated carbocycles. The molecule has 0 aliphatic rings. The molecule has 1 amide bonds. The number of rotatable bonds is 3. The molecule has 0 saturated heterocycles. The van der Waals surface area contributed by atoms with E-state index in [4.69, 9.17) is 5.73 Å². The molecule has 2 aromatic carbocycles. The van der Waals surface area contributed by atoms with Crippen molar-refractivity contribution in [3.63, 3.8) is 0 Å². The first-order valence-corrected chi connectivity index (χ1v) is 6.25. The number of hydrogen-bond acceptors (Lipinski definition) is 2. The minimum atomic E-state index is 0.0344. The summed E-state index contributed by atoms with van der Waals surface area (Å²) in [6.07, 6.45) is 0.386. The van der Waals surface area contributed by atoms with Crippen LogP contribution in [0.25, 0.3) is 0 Å². The zero-order valence-corrected chi connectivity index (χ0v) is 11.3. The minimum absolute atomic E-state index is 0.0344. The van der Waals surface area contributed by atoms with Gasteiger partial charge in [0.1, 0.15) is 0 Å². The van der Waals surface area contributed by atoms with Crippen LogP contribution >= 0.6 is 0 Å². The molecule has 0 aromatic heterocycles. The third kappa shape index (κ3) is 2.94. The molecule has 0 aliphatic carbocycles. The fourth-order valence-electron chi connectivity index (χ4n) is 2.02. The van der Waals surface area contributed by atoms with E-state index < -0.39 is 0 Å². The summed E-state index contributed by atoms with van der Waals surface area (Å²) < 4.78 is 0. The summed E-state index contributed by atoms with van der Waals surface area (Å²) in [4.78, 5) is 13.9. The topological polar surface area (TPSA) is 46.3 Å². The average molecular weight is 254 g/mol. The Hall–Kier alpha value is -2.29. The normalized spacial score (nSPS) is 10.2. The smallest absolute Gasteiger partial charge is 0.231 e. The van der Waals surface area contributed by atoms with E-state index in [1.807, 2.05) is 49.4 Å². The predicted molar refractivity (Wildman–Crippen MR) is 79.1 cm³/mol. The fraction of sp³-hybridized carbons (Fsp3) is 0.188. The maximum Gasteiger partial charge on any atom is 0.231 e. The zero-order valence-electron chi connectivity index (χ0n) is 11.3. The number of carbonyl (C=O) groups is 1. The number of benzene rings is 2. The molecule has 3 heteroatoms. The minimum Gasteiger partial charge on any atom is -0.397 e. The highest BCUT2D eigenvalue weighted by Crippen LogP contribution is 2.22. The number of para-hydroxylation sites is 2. The van der Waals surface area contributed by atoms with Crippen LogP contribution in [0.2, 0.25) is 0 Å². The highest BCUT2D eigenvalue weighted by atomic mass is 16.2. The largest absolute Gasteiger partial charge is 0.397 e. The molecule has 19 heavy (non-hydrogen) atoms. The molecule has 0 bridgehead atoms.